The Bertz CT molecular complexity index is 456. The number of hydrogen-bond donors (Lipinski definition) is 1. The van der Waals surface area contributed by atoms with Gasteiger partial charge in [0.05, 0.1) is 23.6 Å². The minimum atomic E-state index is -0.0301. The first-order chi connectivity index (χ1) is 8.59. The zero-order chi connectivity index (χ0) is 13.0. The highest BCUT2D eigenvalue weighted by Gasteiger charge is 2.27. The standard InChI is InChI=1S/C14H20N2OS/c1-14(2)11-16(8-9-17-14)10-13-6-5-12(18-13)4-3-7-15/h5-6H,7-11,15H2,1-2H3. The molecule has 2 heterocycles. The summed E-state index contributed by atoms with van der Waals surface area (Å²) in [5.41, 5.74) is 5.34. The molecule has 1 saturated heterocycles. The molecular formula is C14H20N2OS. The highest BCUT2D eigenvalue weighted by Crippen LogP contribution is 2.22. The largest absolute Gasteiger partial charge is 0.373 e. The molecule has 0 spiro atoms. The van der Waals surface area contributed by atoms with Crippen LogP contribution in [0.25, 0.3) is 0 Å². The summed E-state index contributed by atoms with van der Waals surface area (Å²) in [5, 5.41) is 0. The first kappa shape index (κ1) is 13.6. The van der Waals surface area contributed by atoms with Crippen LogP contribution >= 0.6 is 11.3 Å². The normalized spacial score (nSPS) is 19.3. The van der Waals surface area contributed by atoms with Gasteiger partial charge in [0, 0.05) is 24.5 Å². The molecule has 1 fully saturated rings. The van der Waals surface area contributed by atoms with Crippen LogP contribution in [-0.4, -0.2) is 36.7 Å². The van der Waals surface area contributed by atoms with Gasteiger partial charge in [0.15, 0.2) is 0 Å². The third-order valence-electron chi connectivity index (χ3n) is 2.86. The Morgan fingerprint density at radius 2 is 2.33 bits per heavy atom. The maximum atomic E-state index is 5.72. The van der Waals surface area contributed by atoms with Crippen molar-refractivity contribution in [1.29, 1.82) is 0 Å². The Balaban J connectivity index is 1.95. The molecule has 0 bridgehead atoms. The van der Waals surface area contributed by atoms with Crippen LogP contribution in [-0.2, 0) is 11.3 Å². The summed E-state index contributed by atoms with van der Waals surface area (Å²) in [6.07, 6.45) is 0. The smallest absolute Gasteiger partial charge is 0.0772 e. The third-order valence-corrected chi connectivity index (χ3v) is 3.84. The zero-order valence-corrected chi connectivity index (χ0v) is 11.8. The van der Waals surface area contributed by atoms with Crippen molar-refractivity contribution < 1.29 is 4.74 Å². The lowest BCUT2D eigenvalue weighted by atomic mass is 10.1. The summed E-state index contributed by atoms with van der Waals surface area (Å²) in [4.78, 5) is 4.90. The molecule has 0 amide bonds. The van der Waals surface area contributed by atoms with Crippen molar-refractivity contribution >= 4 is 11.3 Å². The van der Waals surface area contributed by atoms with Gasteiger partial charge in [0.25, 0.3) is 0 Å². The van der Waals surface area contributed by atoms with Crippen molar-refractivity contribution in [1.82, 2.24) is 4.90 Å². The number of ether oxygens (including phenoxy) is 1. The van der Waals surface area contributed by atoms with Gasteiger partial charge in [-0.05, 0) is 26.0 Å². The van der Waals surface area contributed by atoms with Gasteiger partial charge in [0.2, 0.25) is 0 Å². The molecule has 0 aliphatic carbocycles. The van der Waals surface area contributed by atoms with Crippen LogP contribution in [0.1, 0.15) is 23.6 Å². The number of rotatable bonds is 2. The minimum absolute atomic E-state index is 0.0301. The van der Waals surface area contributed by atoms with Crippen molar-refractivity contribution in [2.45, 2.75) is 26.0 Å². The molecule has 0 saturated carbocycles. The molecule has 0 radical (unpaired) electrons. The van der Waals surface area contributed by atoms with E-state index in [1.165, 1.54) is 4.88 Å². The first-order valence-electron chi connectivity index (χ1n) is 6.23. The molecule has 18 heavy (non-hydrogen) atoms. The Morgan fingerprint density at radius 1 is 1.50 bits per heavy atom. The average molecular weight is 264 g/mol. The molecule has 98 valence electrons. The second kappa shape index (κ2) is 5.85. The predicted molar refractivity (Wildman–Crippen MR) is 75.6 cm³/mol. The minimum Gasteiger partial charge on any atom is -0.373 e. The molecule has 1 aromatic heterocycles. The summed E-state index contributed by atoms with van der Waals surface area (Å²) in [5.74, 6) is 5.97. The third kappa shape index (κ3) is 3.82. The van der Waals surface area contributed by atoms with Gasteiger partial charge in [-0.3, -0.25) is 4.90 Å². The number of thiophene rings is 1. The van der Waals surface area contributed by atoms with E-state index in [9.17, 15) is 0 Å². The monoisotopic (exact) mass is 264 g/mol. The van der Waals surface area contributed by atoms with E-state index in [0.29, 0.717) is 6.54 Å². The lowest BCUT2D eigenvalue weighted by Gasteiger charge is -2.37. The number of nitrogens with zero attached hydrogens (tertiary/aromatic N) is 1. The van der Waals surface area contributed by atoms with Crippen LogP contribution in [0, 0.1) is 11.8 Å². The lowest BCUT2D eigenvalue weighted by Crippen LogP contribution is -2.47. The van der Waals surface area contributed by atoms with E-state index in [1.54, 1.807) is 11.3 Å². The van der Waals surface area contributed by atoms with Gasteiger partial charge >= 0.3 is 0 Å². The fraction of sp³-hybridized carbons (Fsp3) is 0.571. The SMILES string of the molecule is CC1(C)CN(Cc2ccc(C#CCN)s2)CCO1. The van der Waals surface area contributed by atoms with E-state index >= 15 is 0 Å². The Labute approximate surface area is 113 Å². The second-order valence-electron chi connectivity index (χ2n) is 5.09. The topological polar surface area (TPSA) is 38.5 Å². The molecule has 0 aromatic carbocycles. The van der Waals surface area contributed by atoms with E-state index in [1.807, 2.05) is 0 Å². The fourth-order valence-electron chi connectivity index (χ4n) is 2.14. The second-order valence-corrected chi connectivity index (χ2v) is 6.26. The number of morpholine rings is 1. The highest BCUT2D eigenvalue weighted by atomic mass is 32.1. The van der Waals surface area contributed by atoms with Gasteiger partial charge in [0.1, 0.15) is 0 Å². The van der Waals surface area contributed by atoms with E-state index in [0.717, 1.165) is 31.1 Å². The Morgan fingerprint density at radius 3 is 3.06 bits per heavy atom. The highest BCUT2D eigenvalue weighted by molar-refractivity contribution is 7.12. The van der Waals surface area contributed by atoms with Crippen molar-refractivity contribution in [2.75, 3.05) is 26.2 Å². The summed E-state index contributed by atoms with van der Waals surface area (Å²) >= 11 is 1.75. The van der Waals surface area contributed by atoms with Crippen LogP contribution in [0.4, 0.5) is 0 Å². The number of nitrogens with two attached hydrogens (primary N) is 1. The Kier molecular flexibility index (Phi) is 4.41. The van der Waals surface area contributed by atoms with Crippen LogP contribution < -0.4 is 5.73 Å². The van der Waals surface area contributed by atoms with E-state index in [2.05, 4.69) is 42.7 Å². The molecule has 1 aromatic rings. The van der Waals surface area contributed by atoms with Gasteiger partial charge in [-0.2, -0.15) is 0 Å². The Hall–Kier alpha value is -0.860. The molecule has 1 aliphatic heterocycles. The summed E-state index contributed by atoms with van der Waals surface area (Å²) in [6.45, 7) is 8.50. The van der Waals surface area contributed by atoms with Crippen molar-refractivity contribution in [3.63, 3.8) is 0 Å². The van der Waals surface area contributed by atoms with Crippen LogP contribution in [0.3, 0.4) is 0 Å². The quantitative estimate of drug-likeness (QED) is 0.826. The van der Waals surface area contributed by atoms with Crippen molar-refractivity contribution in [3.8, 4) is 11.8 Å². The molecular weight excluding hydrogens is 244 g/mol. The van der Waals surface area contributed by atoms with Crippen LogP contribution in [0.5, 0.6) is 0 Å². The molecule has 2 N–H and O–H groups in total. The molecule has 1 aliphatic rings. The summed E-state index contributed by atoms with van der Waals surface area (Å²) in [6, 6.07) is 4.24. The van der Waals surface area contributed by atoms with Gasteiger partial charge in [-0.25, -0.2) is 0 Å². The molecule has 3 nitrogen and oxygen atoms in total. The maximum Gasteiger partial charge on any atom is 0.0772 e. The molecule has 0 unspecified atom stereocenters. The van der Waals surface area contributed by atoms with Gasteiger partial charge < -0.3 is 10.5 Å². The van der Waals surface area contributed by atoms with Crippen molar-refractivity contribution in [2.24, 2.45) is 5.73 Å². The molecule has 4 heteroatoms. The van der Waals surface area contributed by atoms with E-state index in [-0.39, 0.29) is 5.60 Å². The predicted octanol–water partition coefficient (Wildman–Crippen LogP) is 1.67. The molecule has 2 rings (SSSR count). The van der Waals surface area contributed by atoms with E-state index < -0.39 is 0 Å². The summed E-state index contributed by atoms with van der Waals surface area (Å²) in [7, 11) is 0. The average Bonchev–Trinajstić information content (AvgIpc) is 2.73. The molecule has 0 atom stereocenters. The maximum absolute atomic E-state index is 5.72. The van der Waals surface area contributed by atoms with Gasteiger partial charge in [-0.1, -0.05) is 11.8 Å². The lowest BCUT2D eigenvalue weighted by molar-refractivity contribution is -0.0880. The van der Waals surface area contributed by atoms with Crippen LogP contribution in [0.2, 0.25) is 0 Å². The zero-order valence-electron chi connectivity index (χ0n) is 11.0. The van der Waals surface area contributed by atoms with Gasteiger partial charge in [-0.15, -0.1) is 11.3 Å². The van der Waals surface area contributed by atoms with Crippen molar-refractivity contribution in [3.05, 3.63) is 21.9 Å². The number of hydrogen-bond acceptors (Lipinski definition) is 4. The van der Waals surface area contributed by atoms with E-state index in [4.69, 9.17) is 10.5 Å². The first-order valence-corrected chi connectivity index (χ1v) is 7.05. The fourth-order valence-corrected chi connectivity index (χ4v) is 3.06. The van der Waals surface area contributed by atoms with Crippen LogP contribution in [0.15, 0.2) is 12.1 Å². The summed E-state index contributed by atoms with van der Waals surface area (Å²) < 4.78 is 5.72.